The Labute approximate surface area is 179 Å². The number of carbonyl (C=O) groups excluding carboxylic acids is 1. The largest absolute Gasteiger partial charge is 0.334 e. The molecule has 0 aliphatic carbocycles. The first-order chi connectivity index (χ1) is 13.8. The molecule has 1 aliphatic heterocycles. The standard InChI is InChI=1S/C20H22ClN3O3S2/c1-3-23(15-8-9-29(26,27)12-15)19(25)18-10-16-13(2)22-24(20(16)28-18)11-14-6-4-5-7-17(14)21/h4-7,10,15H,3,8-9,11-12H2,1-2H3. The van der Waals surface area contributed by atoms with Crippen molar-refractivity contribution in [1.82, 2.24) is 14.7 Å². The van der Waals surface area contributed by atoms with Crippen LogP contribution in [-0.4, -0.2) is 53.1 Å². The van der Waals surface area contributed by atoms with E-state index in [4.69, 9.17) is 11.6 Å². The number of hydrogen-bond acceptors (Lipinski definition) is 5. The van der Waals surface area contributed by atoms with Crippen LogP contribution in [0, 0.1) is 6.92 Å². The van der Waals surface area contributed by atoms with Crippen LogP contribution in [0.5, 0.6) is 0 Å². The third-order valence-electron chi connectivity index (χ3n) is 5.35. The molecule has 2 aromatic heterocycles. The van der Waals surface area contributed by atoms with E-state index in [9.17, 15) is 13.2 Å². The number of aryl methyl sites for hydroxylation is 1. The molecule has 1 unspecified atom stereocenters. The minimum Gasteiger partial charge on any atom is -0.334 e. The highest BCUT2D eigenvalue weighted by Gasteiger charge is 2.35. The van der Waals surface area contributed by atoms with Crippen LogP contribution < -0.4 is 0 Å². The van der Waals surface area contributed by atoms with Crippen molar-refractivity contribution in [3.05, 3.63) is 51.5 Å². The lowest BCUT2D eigenvalue weighted by Crippen LogP contribution is -2.40. The molecule has 6 nitrogen and oxygen atoms in total. The molecule has 154 valence electrons. The number of thiophene rings is 1. The van der Waals surface area contributed by atoms with Crippen LogP contribution in [0.15, 0.2) is 30.3 Å². The van der Waals surface area contributed by atoms with Crippen LogP contribution in [0.1, 0.15) is 34.3 Å². The maximum Gasteiger partial charge on any atom is 0.264 e. The lowest BCUT2D eigenvalue weighted by atomic mass is 10.2. The maximum atomic E-state index is 13.2. The van der Waals surface area contributed by atoms with Gasteiger partial charge < -0.3 is 4.90 Å². The number of rotatable bonds is 5. The zero-order valence-electron chi connectivity index (χ0n) is 16.3. The molecule has 0 bridgehead atoms. The number of amides is 1. The molecule has 1 aromatic carbocycles. The van der Waals surface area contributed by atoms with E-state index in [1.807, 2.05) is 48.9 Å². The second-order valence-corrected chi connectivity index (χ2v) is 11.0. The molecule has 0 N–H and O–H groups in total. The van der Waals surface area contributed by atoms with E-state index in [0.29, 0.717) is 29.4 Å². The van der Waals surface area contributed by atoms with Gasteiger partial charge in [0.2, 0.25) is 0 Å². The quantitative estimate of drug-likeness (QED) is 0.592. The third-order valence-corrected chi connectivity index (χ3v) is 8.60. The number of hydrogen-bond donors (Lipinski definition) is 0. The summed E-state index contributed by atoms with van der Waals surface area (Å²) in [6.07, 6.45) is 0.506. The SMILES string of the molecule is CCN(C(=O)c1cc2c(C)nn(Cc3ccccc3Cl)c2s1)C1CCS(=O)(=O)C1. The fourth-order valence-electron chi connectivity index (χ4n) is 3.84. The summed E-state index contributed by atoms with van der Waals surface area (Å²) in [4.78, 5) is 16.4. The number of aromatic nitrogens is 2. The monoisotopic (exact) mass is 451 g/mol. The van der Waals surface area contributed by atoms with E-state index in [1.165, 1.54) is 11.3 Å². The fraction of sp³-hybridized carbons (Fsp3) is 0.400. The first-order valence-electron chi connectivity index (χ1n) is 9.51. The van der Waals surface area contributed by atoms with Crippen LogP contribution in [-0.2, 0) is 16.4 Å². The second-order valence-electron chi connectivity index (χ2n) is 7.31. The van der Waals surface area contributed by atoms with Crippen molar-refractivity contribution in [3.63, 3.8) is 0 Å². The van der Waals surface area contributed by atoms with Crippen molar-refractivity contribution in [2.75, 3.05) is 18.1 Å². The first-order valence-corrected chi connectivity index (χ1v) is 12.5. The van der Waals surface area contributed by atoms with Gasteiger partial charge in [0.25, 0.3) is 5.91 Å². The van der Waals surface area contributed by atoms with Gasteiger partial charge in [-0.2, -0.15) is 5.10 Å². The summed E-state index contributed by atoms with van der Waals surface area (Å²) in [7, 11) is -3.05. The van der Waals surface area contributed by atoms with Gasteiger partial charge in [-0.05, 0) is 38.0 Å². The topological polar surface area (TPSA) is 72.3 Å². The molecule has 9 heteroatoms. The fourth-order valence-corrected chi connectivity index (χ4v) is 6.89. The number of sulfone groups is 1. The summed E-state index contributed by atoms with van der Waals surface area (Å²) in [6.45, 7) is 4.82. The van der Waals surface area contributed by atoms with E-state index >= 15 is 0 Å². The first kappa shape index (κ1) is 20.4. The summed E-state index contributed by atoms with van der Waals surface area (Å²) in [5, 5.41) is 6.24. The van der Waals surface area contributed by atoms with E-state index < -0.39 is 9.84 Å². The zero-order valence-corrected chi connectivity index (χ0v) is 18.6. The highest BCUT2D eigenvalue weighted by Crippen LogP contribution is 2.31. The maximum absolute atomic E-state index is 13.2. The Morgan fingerprint density at radius 2 is 2.14 bits per heavy atom. The van der Waals surface area contributed by atoms with Gasteiger partial charge >= 0.3 is 0 Å². The van der Waals surface area contributed by atoms with Crippen LogP contribution >= 0.6 is 22.9 Å². The lowest BCUT2D eigenvalue weighted by molar-refractivity contribution is 0.0713. The minimum absolute atomic E-state index is 0.0524. The van der Waals surface area contributed by atoms with E-state index in [2.05, 4.69) is 5.10 Å². The zero-order chi connectivity index (χ0) is 20.8. The van der Waals surface area contributed by atoms with Crippen LogP contribution in [0.25, 0.3) is 10.2 Å². The highest BCUT2D eigenvalue weighted by molar-refractivity contribution is 7.91. The second kappa shape index (κ2) is 7.74. The van der Waals surface area contributed by atoms with Crippen molar-refractivity contribution < 1.29 is 13.2 Å². The molecule has 0 radical (unpaired) electrons. The lowest BCUT2D eigenvalue weighted by Gasteiger charge is -2.26. The molecule has 0 saturated carbocycles. The molecule has 29 heavy (non-hydrogen) atoms. The minimum atomic E-state index is -3.05. The Morgan fingerprint density at radius 3 is 2.79 bits per heavy atom. The summed E-state index contributed by atoms with van der Waals surface area (Å²) in [6, 6.07) is 9.27. The number of nitrogens with zero attached hydrogens (tertiary/aromatic N) is 3. The van der Waals surface area contributed by atoms with Gasteiger partial charge in [0.05, 0.1) is 28.6 Å². The number of benzene rings is 1. The molecule has 0 spiro atoms. The predicted octanol–water partition coefficient (Wildman–Crippen LogP) is 3.76. The predicted molar refractivity (Wildman–Crippen MR) is 117 cm³/mol. The van der Waals surface area contributed by atoms with Crippen molar-refractivity contribution in [1.29, 1.82) is 0 Å². The molecule has 1 saturated heterocycles. The molecule has 3 heterocycles. The van der Waals surface area contributed by atoms with Gasteiger partial charge in [-0.1, -0.05) is 29.8 Å². The van der Waals surface area contributed by atoms with Crippen molar-refractivity contribution in [3.8, 4) is 0 Å². The summed E-state index contributed by atoms with van der Waals surface area (Å²) >= 11 is 7.69. The van der Waals surface area contributed by atoms with Gasteiger partial charge in [-0.3, -0.25) is 9.48 Å². The average molecular weight is 452 g/mol. The Morgan fingerprint density at radius 1 is 1.38 bits per heavy atom. The molecule has 1 atom stereocenters. The third kappa shape index (κ3) is 3.93. The molecule has 3 aromatic rings. The van der Waals surface area contributed by atoms with Gasteiger partial charge in [-0.15, -0.1) is 11.3 Å². The van der Waals surface area contributed by atoms with Crippen LogP contribution in [0.4, 0.5) is 0 Å². The van der Waals surface area contributed by atoms with Crippen molar-refractivity contribution >= 4 is 48.9 Å². The van der Waals surface area contributed by atoms with Gasteiger partial charge in [0.15, 0.2) is 9.84 Å². The molecule has 1 fully saturated rings. The Bertz CT molecular complexity index is 1180. The molecule has 4 rings (SSSR count). The summed E-state index contributed by atoms with van der Waals surface area (Å²) < 4.78 is 25.6. The van der Waals surface area contributed by atoms with Crippen molar-refractivity contribution in [2.24, 2.45) is 0 Å². The highest BCUT2D eigenvalue weighted by atomic mass is 35.5. The Balaban J connectivity index is 1.65. The van der Waals surface area contributed by atoms with E-state index in [0.717, 1.165) is 21.5 Å². The molecule has 1 aliphatic rings. The summed E-state index contributed by atoms with van der Waals surface area (Å²) in [5.41, 5.74) is 1.82. The van der Waals surface area contributed by atoms with Crippen LogP contribution in [0.3, 0.4) is 0 Å². The Kier molecular flexibility index (Phi) is 5.44. The van der Waals surface area contributed by atoms with Gasteiger partial charge in [0.1, 0.15) is 4.83 Å². The average Bonchev–Trinajstić information content (AvgIpc) is 3.34. The Hall–Kier alpha value is -1.90. The number of fused-ring (bicyclic) bond motifs is 1. The van der Waals surface area contributed by atoms with Crippen molar-refractivity contribution in [2.45, 2.75) is 32.9 Å². The molecular weight excluding hydrogens is 430 g/mol. The van der Waals surface area contributed by atoms with E-state index in [-0.39, 0.29) is 23.5 Å². The molecular formula is C20H22ClN3O3S2. The number of halogens is 1. The van der Waals surface area contributed by atoms with Gasteiger partial charge in [-0.25, -0.2) is 8.42 Å². The number of carbonyl (C=O) groups is 1. The molecule has 1 amide bonds. The normalized spacial score (nSPS) is 18.4. The van der Waals surface area contributed by atoms with Crippen LogP contribution in [0.2, 0.25) is 5.02 Å². The van der Waals surface area contributed by atoms with Gasteiger partial charge in [0, 0.05) is 23.0 Å². The summed E-state index contributed by atoms with van der Waals surface area (Å²) in [5.74, 6) is 0.0933. The van der Waals surface area contributed by atoms with E-state index in [1.54, 1.807) is 4.90 Å². The smallest absolute Gasteiger partial charge is 0.264 e.